The molecule has 0 bridgehead atoms. The highest BCUT2D eigenvalue weighted by Gasteiger charge is 2.31. The number of nitrogens with one attached hydrogen (secondary N) is 1. The molecule has 111 valence electrons. The minimum Gasteiger partial charge on any atom is -0.356 e. The van der Waals surface area contributed by atoms with E-state index in [1.165, 1.54) is 6.08 Å². The van der Waals surface area contributed by atoms with Crippen molar-refractivity contribution in [2.24, 2.45) is 5.73 Å². The van der Waals surface area contributed by atoms with Crippen molar-refractivity contribution in [1.82, 2.24) is 14.9 Å². The molecule has 1 aliphatic rings. The molecule has 1 atom stereocenters. The number of nitrogens with zero attached hydrogens (tertiary/aromatic N) is 2. The van der Waals surface area contributed by atoms with E-state index in [1.807, 2.05) is 0 Å². The molecule has 0 spiro atoms. The van der Waals surface area contributed by atoms with E-state index in [2.05, 4.69) is 10.0 Å². The molecule has 3 amide bonds. The molecule has 0 aromatic carbocycles. The van der Waals surface area contributed by atoms with Crippen molar-refractivity contribution < 1.29 is 14.4 Å². The van der Waals surface area contributed by atoms with Crippen LogP contribution in [0.15, 0.2) is 11.0 Å². The fraction of sp³-hybridized carbons (Fsp3) is 0.583. The number of hydrogen-bond acceptors (Lipinski definition) is 5. The fourth-order valence-electron chi connectivity index (χ4n) is 1.49. The summed E-state index contributed by atoms with van der Waals surface area (Å²) in [6, 6.07) is -0.0934. The Morgan fingerprint density at radius 2 is 2.25 bits per heavy atom. The van der Waals surface area contributed by atoms with Crippen LogP contribution < -0.4 is 15.8 Å². The first-order chi connectivity index (χ1) is 9.45. The van der Waals surface area contributed by atoms with Crippen molar-refractivity contribution in [1.29, 1.82) is 0 Å². The van der Waals surface area contributed by atoms with Gasteiger partial charge in [-0.2, -0.15) is 4.72 Å². The third-order valence-corrected chi connectivity index (χ3v) is 3.21. The molecule has 1 unspecified atom stereocenters. The van der Waals surface area contributed by atoms with Crippen LogP contribution in [0.25, 0.3) is 0 Å². The second-order valence-corrected chi connectivity index (χ2v) is 5.27. The second kappa shape index (κ2) is 8.03. The van der Waals surface area contributed by atoms with E-state index >= 15 is 0 Å². The molecule has 3 N–H and O–H groups in total. The molecule has 7 nitrogen and oxygen atoms in total. The van der Waals surface area contributed by atoms with Crippen molar-refractivity contribution in [2.75, 3.05) is 19.6 Å². The molecule has 1 aliphatic heterocycles. The third-order valence-electron chi connectivity index (χ3n) is 2.44. The molecule has 0 aliphatic carbocycles. The van der Waals surface area contributed by atoms with Gasteiger partial charge in [0.1, 0.15) is 0 Å². The summed E-state index contributed by atoms with van der Waals surface area (Å²) in [6.07, 6.45) is 1.35. The largest absolute Gasteiger partial charge is 0.356 e. The molecule has 1 rings (SSSR count). The Hall–Kier alpha value is -1.38. The highest BCUT2D eigenvalue weighted by molar-refractivity contribution is 8.02. The predicted octanol–water partition coefficient (Wildman–Crippen LogP) is -0.635. The molecule has 1 heterocycles. The molecule has 1 radical (unpaired) electrons. The van der Waals surface area contributed by atoms with Gasteiger partial charge in [0.25, 0.3) is 11.8 Å². The van der Waals surface area contributed by atoms with Gasteiger partial charge in [-0.05, 0) is 25.8 Å². The van der Waals surface area contributed by atoms with Crippen LogP contribution in [0, 0.1) is 0 Å². The Bertz CT molecular complexity index is 423. The van der Waals surface area contributed by atoms with Crippen molar-refractivity contribution in [2.45, 2.75) is 26.3 Å². The van der Waals surface area contributed by atoms with Crippen molar-refractivity contribution in [3.8, 4) is 0 Å². The predicted molar refractivity (Wildman–Crippen MR) is 76.3 cm³/mol. The lowest BCUT2D eigenvalue weighted by atomic mass is 10.3. The minimum atomic E-state index is -0.405. The molecular formula is C12H19N4O3S. The zero-order valence-electron chi connectivity index (χ0n) is 11.6. The van der Waals surface area contributed by atoms with E-state index in [0.29, 0.717) is 13.1 Å². The number of hydrogen-bond donors (Lipinski definition) is 2. The van der Waals surface area contributed by atoms with Gasteiger partial charge in [0.2, 0.25) is 5.91 Å². The first-order valence-electron chi connectivity index (χ1n) is 6.39. The van der Waals surface area contributed by atoms with Crippen molar-refractivity contribution >= 4 is 29.7 Å². The Kier molecular flexibility index (Phi) is 6.69. The van der Waals surface area contributed by atoms with Gasteiger partial charge in [0, 0.05) is 38.2 Å². The molecule has 0 saturated carbocycles. The topological polar surface area (TPSA) is 107 Å². The van der Waals surface area contributed by atoms with Crippen LogP contribution in [-0.4, -0.2) is 48.3 Å². The maximum absolute atomic E-state index is 12.0. The summed E-state index contributed by atoms with van der Waals surface area (Å²) < 4.78 is 4.04. The number of imide groups is 1. The summed E-state index contributed by atoms with van der Waals surface area (Å²) in [7, 11) is 0. The van der Waals surface area contributed by atoms with Crippen molar-refractivity contribution in [3.63, 3.8) is 0 Å². The van der Waals surface area contributed by atoms with E-state index in [0.717, 1.165) is 16.8 Å². The Labute approximate surface area is 122 Å². The lowest BCUT2D eigenvalue weighted by molar-refractivity contribution is -0.137. The van der Waals surface area contributed by atoms with Gasteiger partial charge in [0.05, 0.1) is 4.91 Å². The van der Waals surface area contributed by atoms with Gasteiger partial charge in [-0.1, -0.05) is 0 Å². The Morgan fingerprint density at radius 1 is 1.55 bits per heavy atom. The third kappa shape index (κ3) is 4.95. The van der Waals surface area contributed by atoms with E-state index < -0.39 is 11.8 Å². The molecular weight excluding hydrogens is 280 g/mol. The summed E-state index contributed by atoms with van der Waals surface area (Å²) >= 11 is 0.966. The highest BCUT2D eigenvalue weighted by Crippen LogP contribution is 2.22. The molecule has 0 saturated heterocycles. The van der Waals surface area contributed by atoms with E-state index in [1.54, 1.807) is 13.8 Å². The standard InChI is InChI=1S/C12H19N4O3S/c1-3-14-10(17)4-5-16-11(18)6-9(12(16)19)20-15-7-8(2)13/h6,8H,3-5,7,13H2,1-2H3,(H,14,17). The molecule has 20 heavy (non-hydrogen) atoms. The zero-order valence-corrected chi connectivity index (χ0v) is 12.4. The Balaban J connectivity index is 2.44. The summed E-state index contributed by atoms with van der Waals surface area (Å²) in [6.45, 7) is 4.62. The number of amides is 3. The van der Waals surface area contributed by atoms with Crippen LogP contribution in [0.5, 0.6) is 0 Å². The lowest BCUT2D eigenvalue weighted by Crippen LogP contribution is -2.35. The first-order valence-corrected chi connectivity index (χ1v) is 7.16. The van der Waals surface area contributed by atoms with Crippen LogP contribution in [0.4, 0.5) is 0 Å². The number of nitrogens with two attached hydrogens (primary N) is 1. The van der Waals surface area contributed by atoms with E-state index in [4.69, 9.17) is 5.73 Å². The molecule has 0 aromatic rings. The van der Waals surface area contributed by atoms with Gasteiger partial charge >= 0.3 is 0 Å². The van der Waals surface area contributed by atoms with Gasteiger partial charge < -0.3 is 11.1 Å². The van der Waals surface area contributed by atoms with Gasteiger partial charge in [0.15, 0.2) is 0 Å². The van der Waals surface area contributed by atoms with Crippen LogP contribution in [0.1, 0.15) is 20.3 Å². The maximum Gasteiger partial charge on any atom is 0.268 e. The minimum absolute atomic E-state index is 0.0807. The lowest BCUT2D eigenvalue weighted by Gasteiger charge is -2.14. The fourth-order valence-corrected chi connectivity index (χ4v) is 2.28. The van der Waals surface area contributed by atoms with Crippen LogP contribution >= 0.6 is 11.9 Å². The average Bonchev–Trinajstić information content (AvgIpc) is 2.62. The van der Waals surface area contributed by atoms with Gasteiger partial charge in [-0.25, -0.2) is 0 Å². The smallest absolute Gasteiger partial charge is 0.268 e. The zero-order chi connectivity index (χ0) is 15.1. The van der Waals surface area contributed by atoms with Gasteiger partial charge in [-0.15, -0.1) is 0 Å². The van der Waals surface area contributed by atoms with E-state index in [9.17, 15) is 14.4 Å². The molecule has 0 fully saturated rings. The highest BCUT2D eigenvalue weighted by atomic mass is 32.2. The summed E-state index contributed by atoms with van der Waals surface area (Å²) in [5.41, 5.74) is 5.54. The van der Waals surface area contributed by atoms with Gasteiger partial charge in [-0.3, -0.25) is 19.3 Å². The van der Waals surface area contributed by atoms with Crippen LogP contribution in [0.3, 0.4) is 0 Å². The maximum atomic E-state index is 12.0. The number of carbonyl (C=O) groups excluding carboxylic acids is 3. The monoisotopic (exact) mass is 299 g/mol. The van der Waals surface area contributed by atoms with E-state index in [-0.39, 0.29) is 29.8 Å². The quantitative estimate of drug-likeness (QED) is 0.458. The summed E-state index contributed by atoms with van der Waals surface area (Å²) in [5.74, 6) is -0.994. The second-order valence-electron chi connectivity index (χ2n) is 4.39. The average molecular weight is 299 g/mol. The normalized spacial score (nSPS) is 16.4. The van der Waals surface area contributed by atoms with Crippen molar-refractivity contribution in [3.05, 3.63) is 11.0 Å². The van der Waals surface area contributed by atoms with Crippen LogP contribution in [0.2, 0.25) is 0 Å². The summed E-state index contributed by atoms with van der Waals surface area (Å²) in [5, 5.41) is 2.61. The molecule has 8 heteroatoms. The van der Waals surface area contributed by atoms with Crippen LogP contribution in [-0.2, 0) is 14.4 Å². The SMILES string of the molecule is CCNC(=O)CCN1C(=O)C=C(S[N]CC(C)N)C1=O. The Morgan fingerprint density at radius 3 is 2.85 bits per heavy atom. The number of carbonyl (C=O) groups is 3. The first kappa shape index (κ1) is 16.7. The molecule has 0 aromatic heterocycles. The number of rotatable bonds is 8. The summed E-state index contributed by atoms with van der Waals surface area (Å²) in [4.78, 5) is 36.3.